The summed E-state index contributed by atoms with van der Waals surface area (Å²) in [5.74, 6) is -0.488. The molecule has 1 heterocycles. The molecule has 1 rings (SSSR count). The second kappa shape index (κ2) is 4.29. The minimum Gasteiger partial charge on any atom is -0.478 e. The zero-order valence-electron chi connectivity index (χ0n) is 9.46. The Balaban J connectivity index is 3.27. The van der Waals surface area contributed by atoms with Crippen LogP contribution in [0.2, 0.25) is 0 Å². The molecule has 0 aliphatic rings. The minimum atomic E-state index is -0.942. The van der Waals surface area contributed by atoms with E-state index in [9.17, 15) is 4.79 Å². The third kappa shape index (κ3) is 2.68. The van der Waals surface area contributed by atoms with Gasteiger partial charge in [0.05, 0.1) is 0 Å². The first-order valence-corrected chi connectivity index (χ1v) is 4.90. The van der Waals surface area contributed by atoms with Gasteiger partial charge in [0.1, 0.15) is 11.4 Å². The van der Waals surface area contributed by atoms with Gasteiger partial charge in [0.25, 0.3) is 0 Å². The smallest absolute Gasteiger partial charge is 0.339 e. The summed E-state index contributed by atoms with van der Waals surface area (Å²) >= 11 is 0. The molecule has 0 fully saturated rings. The van der Waals surface area contributed by atoms with Gasteiger partial charge in [-0.15, -0.1) is 0 Å². The van der Waals surface area contributed by atoms with Crippen LogP contribution in [0.25, 0.3) is 0 Å². The normalized spacial score (nSPS) is 10.5. The Bertz CT molecular complexity index is 386. The summed E-state index contributed by atoms with van der Waals surface area (Å²) in [6.07, 6.45) is 0. The molecule has 4 nitrogen and oxygen atoms in total. The van der Waals surface area contributed by atoms with Crippen molar-refractivity contribution in [2.24, 2.45) is 0 Å². The SMILES string of the molecule is Cc1cc(C)c(C(=O)O)c(NC(C)C)n1. The fourth-order valence-electron chi connectivity index (χ4n) is 1.48. The van der Waals surface area contributed by atoms with Crippen molar-refractivity contribution in [3.05, 3.63) is 22.9 Å². The fraction of sp³-hybridized carbons (Fsp3) is 0.455. The van der Waals surface area contributed by atoms with Gasteiger partial charge in [0, 0.05) is 11.7 Å². The maximum atomic E-state index is 11.1. The van der Waals surface area contributed by atoms with Gasteiger partial charge in [-0.2, -0.15) is 0 Å². The fourth-order valence-corrected chi connectivity index (χ4v) is 1.48. The van der Waals surface area contributed by atoms with Crippen molar-refractivity contribution in [2.45, 2.75) is 33.7 Å². The number of hydrogen-bond acceptors (Lipinski definition) is 3. The second-order valence-electron chi connectivity index (χ2n) is 3.91. The number of carboxylic acid groups (broad SMARTS) is 1. The zero-order valence-corrected chi connectivity index (χ0v) is 9.46. The van der Waals surface area contributed by atoms with Crippen molar-refractivity contribution in [1.29, 1.82) is 0 Å². The van der Waals surface area contributed by atoms with Gasteiger partial charge in [-0.1, -0.05) is 0 Å². The standard InChI is InChI=1S/C11H16N2O2/c1-6(2)12-10-9(11(14)15)7(3)5-8(4)13-10/h5-6H,1-4H3,(H,12,13)(H,14,15). The van der Waals surface area contributed by atoms with Crippen LogP contribution in [0.4, 0.5) is 5.82 Å². The summed E-state index contributed by atoms with van der Waals surface area (Å²) in [5.41, 5.74) is 1.81. The highest BCUT2D eigenvalue weighted by Gasteiger charge is 2.15. The molecule has 0 atom stereocenters. The molecular formula is C11H16N2O2. The van der Waals surface area contributed by atoms with Gasteiger partial charge < -0.3 is 10.4 Å². The van der Waals surface area contributed by atoms with Crippen LogP contribution in [-0.2, 0) is 0 Å². The Morgan fingerprint density at radius 2 is 2.07 bits per heavy atom. The van der Waals surface area contributed by atoms with E-state index in [2.05, 4.69) is 10.3 Å². The Labute approximate surface area is 89.3 Å². The first-order valence-electron chi connectivity index (χ1n) is 4.90. The summed E-state index contributed by atoms with van der Waals surface area (Å²) in [4.78, 5) is 15.3. The lowest BCUT2D eigenvalue weighted by atomic mass is 10.1. The Hall–Kier alpha value is -1.58. The van der Waals surface area contributed by atoms with E-state index in [1.54, 1.807) is 13.0 Å². The van der Waals surface area contributed by atoms with E-state index in [0.717, 1.165) is 11.3 Å². The summed E-state index contributed by atoms with van der Waals surface area (Å²) < 4.78 is 0. The van der Waals surface area contributed by atoms with Crippen LogP contribution in [0.15, 0.2) is 6.07 Å². The van der Waals surface area contributed by atoms with Crippen molar-refractivity contribution in [3.63, 3.8) is 0 Å². The molecular weight excluding hydrogens is 192 g/mol. The molecule has 0 amide bonds. The van der Waals surface area contributed by atoms with Gasteiger partial charge in [-0.3, -0.25) is 0 Å². The Morgan fingerprint density at radius 3 is 2.53 bits per heavy atom. The number of carbonyl (C=O) groups is 1. The van der Waals surface area contributed by atoms with Crippen molar-refractivity contribution >= 4 is 11.8 Å². The molecule has 1 aromatic heterocycles. The summed E-state index contributed by atoms with van der Waals surface area (Å²) in [6, 6.07) is 1.94. The number of hydrogen-bond donors (Lipinski definition) is 2. The lowest BCUT2D eigenvalue weighted by Gasteiger charge is -2.14. The van der Waals surface area contributed by atoms with E-state index in [0.29, 0.717) is 5.82 Å². The number of aromatic nitrogens is 1. The third-order valence-electron chi connectivity index (χ3n) is 1.98. The van der Waals surface area contributed by atoms with E-state index in [4.69, 9.17) is 5.11 Å². The number of carboxylic acids is 1. The monoisotopic (exact) mass is 208 g/mol. The molecule has 82 valence electrons. The van der Waals surface area contributed by atoms with E-state index < -0.39 is 5.97 Å². The largest absolute Gasteiger partial charge is 0.478 e. The van der Waals surface area contributed by atoms with Crippen LogP contribution >= 0.6 is 0 Å². The number of aryl methyl sites for hydroxylation is 2. The first kappa shape index (κ1) is 11.5. The van der Waals surface area contributed by atoms with Gasteiger partial charge in [0.15, 0.2) is 0 Å². The highest BCUT2D eigenvalue weighted by atomic mass is 16.4. The van der Waals surface area contributed by atoms with Gasteiger partial charge in [-0.05, 0) is 39.3 Å². The number of nitrogens with zero attached hydrogens (tertiary/aromatic N) is 1. The molecule has 0 aliphatic carbocycles. The molecule has 0 aliphatic heterocycles. The highest BCUT2D eigenvalue weighted by Crippen LogP contribution is 2.19. The number of aromatic carboxylic acids is 1. The van der Waals surface area contributed by atoms with E-state index in [1.807, 2.05) is 20.8 Å². The van der Waals surface area contributed by atoms with Crippen molar-refractivity contribution < 1.29 is 9.90 Å². The quantitative estimate of drug-likeness (QED) is 0.799. The summed E-state index contributed by atoms with van der Waals surface area (Å²) in [5, 5.41) is 12.1. The lowest BCUT2D eigenvalue weighted by molar-refractivity contribution is 0.0697. The average molecular weight is 208 g/mol. The predicted octanol–water partition coefficient (Wildman–Crippen LogP) is 2.22. The molecule has 0 saturated carbocycles. The number of rotatable bonds is 3. The van der Waals surface area contributed by atoms with E-state index in [-0.39, 0.29) is 11.6 Å². The van der Waals surface area contributed by atoms with Crippen LogP contribution in [0.3, 0.4) is 0 Å². The molecule has 0 bridgehead atoms. The number of anilines is 1. The third-order valence-corrected chi connectivity index (χ3v) is 1.98. The van der Waals surface area contributed by atoms with E-state index >= 15 is 0 Å². The molecule has 15 heavy (non-hydrogen) atoms. The maximum absolute atomic E-state index is 11.1. The molecule has 0 saturated heterocycles. The van der Waals surface area contributed by atoms with Crippen LogP contribution in [0, 0.1) is 13.8 Å². The van der Waals surface area contributed by atoms with Gasteiger partial charge in [0.2, 0.25) is 0 Å². The highest BCUT2D eigenvalue weighted by molar-refractivity contribution is 5.94. The van der Waals surface area contributed by atoms with Crippen LogP contribution in [0.1, 0.15) is 35.5 Å². The van der Waals surface area contributed by atoms with Crippen LogP contribution in [-0.4, -0.2) is 22.1 Å². The summed E-state index contributed by atoms with van der Waals surface area (Å²) in [7, 11) is 0. The van der Waals surface area contributed by atoms with Crippen molar-refractivity contribution in [2.75, 3.05) is 5.32 Å². The topological polar surface area (TPSA) is 62.2 Å². The van der Waals surface area contributed by atoms with Crippen molar-refractivity contribution in [1.82, 2.24) is 4.98 Å². The molecule has 0 aromatic carbocycles. The predicted molar refractivity (Wildman–Crippen MR) is 59.4 cm³/mol. The number of pyridine rings is 1. The van der Waals surface area contributed by atoms with Gasteiger partial charge >= 0.3 is 5.97 Å². The first-order chi connectivity index (χ1) is 6.91. The van der Waals surface area contributed by atoms with Crippen molar-refractivity contribution in [3.8, 4) is 0 Å². The average Bonchev–Trinajstić information content (AvgIpc) is 1.99. The number of nitrogens with one attached hydrogen (secondary N) is 1. The molecule has 1 aromatic rings. The van der Waals surface area contributed by atoms with Crippen LogP contribution < -0.4 is 5.32 Å². The van der Waals surface area contributed by atoms with E-state index in [1.165, 1.54) is 0 Å². The Kier molecular flexibility index (Phi) is 3.29. The zero-order chi connectivity index (χ0) is 11.6. The maximum Gasteiger partial charge on any atom is 0.339 e. The van der Waals surface area contributed by atoms with Gasteiger partial charge in [-0.25, -0.2) is 9.78 Å². The molecule has 4 heteroatoms. The molecule has 0 spiro atoms. The Morgan fingerprint density at radius 1 is 1.47 bits per heavy atom. The molecule has 0 radical (unpaired) electrons. The molecule has 0 unspecified atom stereocenters. The molecule has 2 N–H and O–H groups in total. The van der Waals surface area contributed by atoms with Crippen LogP contribution in [0.5, 0.6) is 0 Å². The lowest BCUT2D eigenvalue weighted by Crippen LogP contribution is -2.16. The minimum absolute atomic E-state index is 0.164. The summed E-state index contributed by atoms with van der Waals surface area (Å²) in [6.45, 7) is 7.53. The second-order valence-corrected chi connectivity index (χ2v) is 3.91.